The Morgan fingerprint density at radius 3 is 2.43 bits per heavy atom. The van der Waals surface area contributed by atoms with Crippen LogP contribution in [0.4, 0.5) is 0 Å². The van der Waals surface area contributed by atoms with Crippen LogP contribution >= 0.6 is 12.4 Å². The molecule has 1 atom stereocenters. The molecule has 1 amide bonds. The molecule has 21 heavy (non-hydrogen) atoms. The number of halogens is 1. The summed E-state index contributed by atoms with van der Waals surface area (Å²) in [5, 5.41) is 0. The molecule has 126 valence electrons. The standard InChI is InChI=1S/C14H28N2O3S.ClH/c1-11(2)9-20(18,19)8-6-13(17)16-7-5-12(15)14(3,4)10-16;/h11-12H,5-10,15H2,1-4H3;1H. The molecule has 1 fully saturated rings. The van der Waals surface area contributed by atoms with Gasteiger partial charge in [-0.25, -0.2) is 8.42 Å². The van der Waals surface area contributed by atoms with Gasteiger partial charge in [0.05, 0.1) is 11.5 Å². The van der Waals surface area contributed by atoms with Gasteiger partial charge < -0.3 is 10.6 Å². The highest BCUT2D eigenvalue weighted by Crippen LogP contribution is 2.28. The number of carbonyl (C=O) groups is 1. The molecular formula is C14H29ClN2O3S. The van der Waals surface area contributed by atoms with Crippen molar-refractivity contribution in [3.63, 3.8) is 0 Å². The van der Waals surface area contributed by atoms with E-state index < -0.39 is 9.84 Å². The van der Waals surface area contributed by atoms with Gasteiger partial charge in [0.1, 0.15) is 0 Å². The van der Waals surface area contributed by atoms with Crippen LogP contribution in [-0.4, -0.2) is 49.9 Å². The van der Waals surface area contributed by atoms with Gasteiger partial charge in [0.2, 0.25) is 5.91 Å². The second-order valence-corrected chi connectivity index (χ2v) is 9.19. The van der Waals surface area contributed by atoms with Gasteiger partial charge in [-0.1, -0.05) is 27.7 Å². The van der Waals surface area contributed by atoms with Crippen LogP contribution in [0.2, 0.25) is 0 Å². The van der Waals surface area contributed by atoms with E-state index in [0.29, 0.717) is 13.1 Å². The normalized spacial score (nSPS) is 22.0. The van der Waals surface area contributed by atoms with Crippen molar-refractivity contribution in [3.05, 3.63) is 0 Å². The van der Waals surface area contributed by atoms with Crippen molar-refractivity contribution in [2.75, 3.05) is 24.6 Å². The Balaban J connectivity index is 0.00000400. The number of likely N-dealkylation sites (tertiary alicyclic amines) is 1. The van der Waals surface area contributed by atoms with Crippen molar-refractivity contribution >= 4 is 28.2 Å². The van der Waals surface area contributed by atoms with E-state index in [2.05, 4.69) is 0 Å². The lowest BCUT2D eigenvalue weighted by Crippen LogP contribution is -2.54. The Labute approximate surface area is 135 Å². The molecule has 0 aromatic rings. The van der Waals surface area contributed by atoms with Crippen molar-refractivity contribution in [1.82, 2.24) is 4.90 Å². The third-order valence-corrected chi connectivity index (χ3v) is 5.88. The monoisotopic (exact) mass is 340 g/mol. The molecule has 1 aliphatic heterocycles. The lowest BCUT2D eigenvalue weighted by Gasteiger charge is -2.42. The smallest absolute Gasteiger partial charge is 0.223 e. The molecule has 0 radical (unpaired) electrons. The van der Waals surface area contributed by atoms with Crippen LogP contribution in [0, 0.1) is 11.3 Å². The number of rotatable bonds is 5. The van der Waals surface area contributed by atoms with Gasteiger partial charge in [0.25, 0.3) is 0 Å². The zero-order valence-corrected chi connectivity index (χ0v) is 15.1. The van der Waals surface area contributed by atoms with Gasteiger partial charge in [0, 0.05) is 25.6 Å². The summed E-state index contributed by atoms with van der Waals surface area (Å²) in [7, 11) is -3.13. The van der Waals surface area contributed by atoms with E-state index in [1.54, 1.807) is 4.90 Å². The van der Waals surface area contributed by atoms with E-state index >= 15 is 0 Å². The quantitative estimate of drug-likeness (QED) is 0.821. The maximum absolute atomic E-state index is 12.1. The first-order valence-electron chi connectivity index (χ1n) is 7.27. The summed E-state index contributed by atoms with van der Waals surface area (Å²) in [5.41, 5.74) is 5.93. The number of amides is 1. The summed E-state index contributed by atoms with van der Waals surface area (Å²) in [6.45, 7) is 9.08. The van der Waals surface area contributed by atoms with Crippen LogP contribution < -0.4 is 5.73 Å². The Hall–Kier alpha value is -0.330. The lowest BCUT2D eigenvalue weighted by atomic mass is 9.79. The summed E-state index contributed by atoms with van der Waals surface area (Å²) >= 11 is 0. The number of nitrogens with zero attached hydrogens (tertiary/aromatic N) is 1. The first-order valence-corrected chi connectivity index (χ1v) is 9.09. The highest BCUT2D eigenvalue weighted by atomic mass is 35.5. The van der Waals surface area contributed by atoms with Crippen LogP contribution in [0.3, 0.4) is 0 Å². The first-order chi connectivity index (χ1) is 9.03. The molecule has 0 spiro atoms. The molecule has 0 bridgehead atoms. The second kappa shape index (κ2) is 7.79. The molecule has 0 aliphatic carbocycles. The average Bonchev–Trinajstić information content (AvgIpc) is 2.28. The van der Waals surface area contributed by atoms with Crippen LogP contribution in [0.25, 0.3) is 0 Å². The largest absolute Gasteiger partial charge is 0.342 e. The molecule has 5 nitrogen and oxygen atoms in total. The maximum atomic E-state index is 12.1. The van der Waals surface area contributed by atoms with Crippen LogP contribution in [0.5, 0.6) is 0 Å². The number of sulfone groups is 1. The Morgan fingerprint density at radius 2 is 1.95 bits per heavy atom. The summed E-state index contributed by atoms with van der Waals surface area (Å²) in [5.74, 6) is 0.128. The van der Waals surface area contributed by atoms with Crippen molar-refractivity contribution < 1.29 is 13.2 Å². The third-order valence-electron chi connectivity index (χ3n) is 3.88. The highest BCUT2D eigenvalue weighted by Gasteiger charge is 2.35. The van der Waals surface area contributed by atoms with E-state index in [0.717, 1.165) is 6.42 Å². The summed E-state index contributed by atoms with van der Waals surface area (Å²) in [6.07, 6.45) is 0.859. The lowest BCUT2D eigenvalue weighted by molar-refractivity contribution is -0.134. The molecule has 7 heteroatoms. The highest BCUT2D eigenvalue weighted by molar-refractivity contribution is 7.91. The van der Waals surface area contributed by atoms with E-state index in [4.69, 9.17) is 5.73 Å². The van der Waals surface area contributed by atoms with E-state index in [-0.39, 0.29) is 53.6 Å². The molecule has 0 aromatic carbocycles. The number of hydrogen-bond donors (Lipinski definition) is 1. The second-order valence-electron chi connectivity index (χ2n) is 6.96. The minimum Gasteiger partial charge on any atom is -0.342 e. The van der Waals surface area contributed by atoms with Crippen molar-refractivity contribution in [3.8, 4) is 0 Å². The fourth-order valence-corrected chi connectivity index (χ4v) is 4.25. The summed E-state index contributed by atoms with van der Waals surface area (Å²) < 4.78 is 23.6. The van der Waals surface area contributed by atoms with Gasteiger partial charge in [-0.15, -0.1) is 12.4 Å². The molecule has 1 saturated heterocycles. The molecule has 2 N–H and O–H groups in total. The van der Waals surface area contributed by atoms with Crippen molar-refractivity contribution in [2.24, 2.45) is 17.1 Å². The van der Waals surface area contributed by atoms with Gasteiger partial charge in [-0.2, -0.15) is 0 Å². The number of nitrogens with two attached hydrogens (primary N) is 1. The SMILES string of the molecule is CC(C)CS(=O)(=O)CCC(=O)N1CCC(N)C(C)(C)C1.Cl. The minimum absolute atomic E-state index is 0. The number of hydrogen-bond acceptors (Lipinski definition) is 4. The summed E-state index contributed by atoms with van der Waals surface area (Å²) in [4.78, 5) is 13.9. The van der Waals surface area contributed by atoms with Crippen LogP contribution in [-0.2, 0) is 14.6 Å². The molecule has 0 aromatic heterocycles. The van der Waals surface area contributed by atoms with Gasteiger partial charge in [0.15, 0.2) is 9.84 Å². The topological polar surface area (TPSA) is 80.5 Å². The fraction of sp³-hybridized carbons (Fsp3) is 0.929. The summed E-state index contributed by atoms with van der Waals surface area (Å²) in [6, 6.07) is 0.0937. The van der Waals surface area contributed by atoms with Crippen LogP contribution in [0.1, 0.15) is 40.5 Å². The van der Waals surface area contributed by atoms with E-state index in [1.807, 2.05) is 27.7 Å². The Bertz CT molecular complexity index is 449. The zero-order valence-electron chi connectivity index (χ0n) is 13.5. The molecular weight excluding hydrogens is 312 g/mol. The van der Waals surface area contributed by atoms with Gasteiger partial charge in [-0.05, 0) is 17.8 Å². The maximum Gasteiger partial charge on any atom is 0.223 e. The number of piperidine rings is 1. The van der Waals surface area contributed by atoms with Crippen molar-refractivity contribution in [1.29, 1.82) is 0 Å². The fourth-order valence-electron chi connectivity index (χ4n) is 2.58. The zero-order chi connectivity index (χ0) is 15.6. The van der Waals surface area contributed by atoms with Gasteiger partial charge >= 0.3 is 0 Å². The number of carbonyl (C=O) groups excluding carboxylic acids is 1. The molecule has 1 unspecified atom stereocenters. The first kappa shape index (κ1) is 20.7. The van der Waals surface area contributed by atoms with Crippen molar-refractivity contribution in [2.45, 2.75) is 46.6 Å². The average molecular weight is 341 g/mol. The van der Waals surface area contributed by atoms with E-state index in [1.165, 1.54) is 0 Å². The predicted octanol–water partition coefficient (Wildman–Crippen LogP) is 1.45. The molecule has 1 aliphatic rings. The minimum atomic E-state index is -3.13. The Kier molecular flexibility index (Phi) is 7.67. The molecule has 1 heterocycles. The molecule has 0 saturated carbocycles. The van der Waals surface area contributed by atoms with E-state index in [9.17, 15) is 13.2 Å². The predicted molar refractivity (Wildman–Crippen MR) is 88.3 cm³/mol. The van der Waals surface area contributed by atoms with Gasteiger partial charge in [-0.3, -0.25) is 4.79 Å². The molecule has 1 rings (SSSR count). The van der Waals surface area contributed by atoms with Crippen LogP contribution in [0.15, 0.2) is 0 Å². The Morgan fingerprint density at radius 1 is 1.38 bits per heavy atom. The third kappa shape index (κ3) is 6.53.